The molecule has 2 heterocycles. The van der Waals surface area contributed by atoms with Crippen molar-refractivity contribution in [1.82, 2.24) is 14.5 Å². The first kappa shape index (κ1) is 25.0. The highest BCUT2D eigenvalue weighted by Gasteiger charge is 2.31. The monoisotopic (exact) mass is 493 g/mol. The van der Waals surface area contributed by atoms with Crippen LogP contribution in [0.15, 0.2) is 52.4 Å². The minimum absolute atomic E-state index is 0.0211. The lowest BCUT2D eigenvalue weighted by atomic mass is 9.97. The number of esters is 1. The minimum atomic E-state index is -0.446. The number of amides is 1. The maximum atomic E-state index is 13.6. The Morgan fingerprint density at radius 1 is 1.11 bits per heavy atom. The molecule has 0 saturated carbocycles. The van der Waals surface area contributed by atoms with Crippen LogP contribution < -0.4 is 5.56 Å². The van der Waals surface area contributed by atoms with E-state index in [4.69, 9.17) is 9.72 Å². The van der Waals surface area contributed by atoms with Crippen LogP contribution in [-0.4, -0.2) is 51.3 Å². The van der Waals surface area contributed by atoms with Crippen LogP contribution in [0.3, 0.4) is 0 Å². The molecular formula is C27H31N3O4S. The number of hydrogen-bond acceptors (Lipinski definition) is 6. The van der Waals surface area contributed by atoms with Crippen LogP contribution in [0.1, 0.15) is 37.8 Å². The molecular weight excluding hydrogens is 462 g/mol. The first-order chi connectivity index (χ1) is 16.8. The Morgan fingerprint density at radius 2 is 1.83 bits per heavy atom. The van der Waals surface area contributed by atoms with E-state index in [1.54, 1.807) is 22.5 Å². The molecule has 8 heteroatoms. The van der Waals surface area contributed by atoms with Gasteiger partial charge in [0.15, 0.2) is 5.16 Å². The lowest BCUT2D eigenvalue weighted by molar-refractivity contribution is -0.151. The number of likely N-dealkylation sites (tertiary alicyclic amines) is 1. The molecule has 0 bridgehead atoms. The number of rotatable bonds is 6. The predicted octanol–water partition coefficient (Wildman–Crippen LogP) is 4.28. The molecule has 0 spiro atoms. The van der Waals surface area contributed by atoms with E-state index < -0.39 is 5.25 Å². The molecule has 1 atom stereocenters. The van der Waals surface area contributed by atoms with Gasteiger partial charge < -0.3 is 9.64 Å². The van der Waals surface area contributed by atoms with E-state index in [0.717, 1.165) is 16.8 Å². The number of benzene rings is 2. The van der Waals surface area contributed by atoms with Gasteiger partial charge in [0.1, 0.15) is 0 Å². The second-order valence-corrected chi connectivity index (χ2v) is 10.2. The van der Waals surface area contributed by atoms with Gasteiger partial charge in [-0.3, -0.25) is 19.0 Å². The second kappa shape index (κ2) is 10.6. The van der Waals surface area contributed by atoms with Crippen molar-refractivity contribution in [2.45, 2.75) is 50.9 Å². The zero-order chi connectivity index (χ0) is 25.1. The van der Waals surface area contributed by atoms with Gasteiger partial charge in [0, 0.05) is 13.1 Å². The van der Waals surface area contributed by atoms with Crippen LogP contribution in [0.25, 0.3) is 16.6 Å². The van der Waals surface area contributed by atoms with E-state index >= 15 is 0 Å². The lowest BCUT2D eigenvalue weighted by Gasteiger charge is -2.32. The van der Waals surface area contributed by atoms with Gasteiger partial charge in [-0.25, -0.2) is 4.98 Å². The van der Waals surface area contributed by atoms with Gasteiger partial charge in [0.25, 0.3) is 5.56 Å². The normalized spacial score (nSPS) is 15.3. The Bertz CT molecular complexity index is 1310. The maximum absolute atomic E-state index is 13.6. The van der Waals surface area contributed by atoms with E-state index in [9.17, 15) is 14.4 Å². The largest absolute Gasteiger partial charge is 0.466 e. The first-order valence-corrected chi connectivity index (χ1v) is 12.9. The molecule has 1 unspecified atom stereocenters. The Morgan fingerprint density at radius 3 is 2.54 bits per heavy atom. The average Bonchev–Trinajstić information content (AvgIpc) is 2.86. The molecule has 184 valence electrons. The van der Waals surface area contributed by atoms with E-state index in [-0.39, 0.29) is 23.4 Å². The average molecular weight is 494 g/mol. The molecule has 4 rings (SSSR count). The Kier molecular flexibility index (Phi) is 7.60. The molecule has 1 aliphatic heterocycles. The summed E-state index contributed by atoms with van der Waals surface area (Å²) in [4.78, 5) is 45.5. The van der Waals surface area contributed by atoms with Gasteiger partial charge in [-0.15, -0.1) is 0 Å². The van der Waals surface area contributed by atoms with Crippen molar-refractivity contribution in [3.05, 3.63) is 63.9 Å². The fourth-order valence-electron chi connectivity index (χ4n) is 4.44. The maximum Gasteiger partial charge on any atom is 0.309 e. The molecule has 7 nitrogen and oxygen atoms in total. The number of thioether (sulfide) groups is 1. The molecule has 1 fully saturated rings. The van der Waals surface area contributed by atoms with E-state index in [2.05, 4.69) is 0 Å². The number of aromatic nitrogens is 2. The third-order valence-corrected chi connectivity index (χ3v) is 7.66. The summed E-state index contributed by atoms with van der Waals surface area (Å²) in [7, 11) is 0. The number of hydrogen-bond donors (Lipinski definition) is 0. The number of nitrogens with zero attached hydrogens (tertiary/aromatic N) is 3. The van der Waals surface area contributed by atoms with Crippen molar-refractivity contribution in [2.75, 3.05) is 19.7 Å². The summed E-state index contributed by atoms with van der Waals surface area (Å²) in [5.74, 6) is -0.356. The Labute approximate surface area is 209 Å². The molecule has 3 aromatic rings. The summed E-state index contributed by atoms with van der Waals surface area (Å²) in [5, 5.41) is 0.584. The quantitative estimate of drug-likeness (QED) is 0.290. The fraction of sp³-hybridized carbons (Fsp3) is 0.407. The van der Waals surface area contributed by atoms with Gasteiger partial charge in [0.05, 0.1) is 34.4 Å². The summed E-state index contributed by atoms with van der Waals surface area (Å²) in [6, 6.07) is 13.1. The first-order valence-electron chi connectivity index (χ1n) is 12.0. The lowest BCUT2D eigenvalue weighted by Crippen LogP contribution is -2.43. The predicted molar refractivity (Wildman–Crippen MR) is 138 cm³/mol. The summed E-state index contributed by atoms with van der Waals surface area (Å²) in [5.41, 5.74) is 3.30. The van der Waals surface area contributed by atoms with Crippen LogP contribution >= 0.6 is 11.8 Å². The SMILES string of the molecule is CCOC(=O)C1CCN(C(=O)C(C)Sc2nc3ccccc3c(=O)n2-c2cccc(C)c2C)CC1. The standard InChI is InChI=1S/C27H31N3O4S/c1-5-34-26(33)20-13-15-29(16-14-20)24(31)19(4)35-27-28-22-11-7-6-10-21(22)25(32)30(27)23-12-8-9-17(2)18(23)3/h6-12,19-20H,5,13-16H2,1-4H3. The fourth-order valence-corrected chi connectivity index (χ4v) is 5.45. The second-order valence-electron chi connectivity index (χ2n) is 8.88. The van der Waals surface area contributed by atoms with E-state index in [1.807, 2.05) is 57.2 Å². The highest BCUT2D eigenvalue weighted by molar-refractivity contribution is 8.00. The summed E-state index contributed by atoms with van der Waals surface area (Å²) in [6.07, 6.45) is 1.20. The van der Waals surface area contributed by atoms with Gasteiger partial charge >= 0.3 is 5.97 Å². The van der Waals surface area contributed by atoms with Gasteiger partial charge in [-0.2, -0.15) is 0 Å². The van der Waals surface area contributed by atoms with Crippen molar-refractivity contribution >= 4 is 34.5 Å². The van der Waals surface area contributed by atoms with Crippen LogP contribution in [0.4, 0.5) is 0 Å². The number of ether oxygens (including phenoxy) is 1. The highest BCUT2D eigenvalue weighted by atomic mass is 32.2. The molecule has 2 aromatic carbocycles. The van der Waals surface area contributed by atoms with Crippen molar-refractivity contribution in [3.8, 4) is 5.69 Å². The van der Waals surface area contributed by atoms with Crippen molar-refractivity contribution in [1.29, 1.82) is 0 Å². The third kappa shape index (κ3) is 5.12. The Hall–Kier alpha value is -3.13. The highest BCUT2D eigenvalue weighted by Crippen LogP contribution is 2.29. The number of carbonyl (C=O) groups is 2. The third-order valence-electron chi connectivity index (χ3n) is 6.62. The number of aryl methyl sites for hydroxylation is 1. The molecule has 1 aromatic heterocycles. The van der Waals surface area contributed by atoms with Crippen molar-refractivity contribution in [3.63, 3.8) is 0 Å². The summed E-state index contributed by atoms with van der Waals surface area (Å²) in [6.45, 7) is 9.05. The molecule has 0 aliphatic carbocycles. The number of carbonyl (C=O) groups excluding carboxylic acids is 2. The topological polar surface area (TPSA) is 81.5 Å². The molecule has 1 amide bonds. The van der Waals surface area contributed by atoms with Gasteiger partial charge in [-0.1, -0.05) is 36.0 Å². The molecule has 0 radical (unpaired) electrons. The minimum Gasteiger partial charge on any atom is -0.466 e. The number of piperidine rings is 1. The van der Waals surface area contributed by atoms with Crippen molar-refractivity contribution in [2.24, 2.45) is 5.92 Å². The summed E-state index contributed by atoms with van der Waals surface area (Å²) >= 11 is 1.29. The summed E-state index contributed by atoms with van der Waals surface area (Å²) < 4.78 is 6.77. The zero-order valence-corrected chi connectivity index (χ0v) is 21.4. The smallest absolute Gasteiger partial charge is 0.309 e. The van der Waals surface area contributed by atoms with Crippen LogP contribution in [0.2, 0.25) is 0 Å². The van der Waals surface area contributed by atoms with Crippen LogP contribution in [-0.2, 0) is 14.3 Å². The van der Waals surface area contributed by atoms with Gasteiger partial charge in [-0.05, 0) is 69.9 Å². The van der Waals surface area contributed by atoms with Crippen LogP contribution in [0.5, 0.6) is 0 Å². The zero-order valence-electron chi connectivity index (χ0n) is 20.6. The molecule has 1 aliphatic rings. The molecule has 1 saturated heterocycles. The Balaban J connectivity index is 1.62. The van der Waals surface area contributed by atoms with E-state index in [0.29, 0.717) is 48.6 Å². The van der Waals surface area contributed by atoms with Crippen molar-refractivity contribution < 1.29 is 14.3 Å². The molecule has 35 heavy (non-hydrogen) atoms. The van der Waals surface area contributed by atoms with E-state index in [1.165, 1.54) is 11.8 Å². The number of para-hydroxylation sites is 1. The van der Waals surface area contributed by atoms with Crippen LogP contribution in [0, 0.1) is 19.8 Å². The number of fused-ring (bicyclic) bond motifs is 1. The van der Waals surface area contributed by atoms with Gasteiger partial charge in [0.2, 0.25) is 5.91 Å². The molecule has 0 N–H and O–H groups in total.